The molecule has 0 saturated heterocycles. The molecule has 19 heavy (non-hydrogen) atoms. The second-order valence-electron chi connectivity index (χ2n) is 6.80. The molecule has 1 N–H and O–H groups in total. The van der Waals surface area contributed by atoms with Crippen molar-refractivity contribution in [2.45, 2.75) is 58.9 Å². The highest BCUT2D eigenvalue weighted by Crippen LogP contribution is 2.43. The van der Waals surface area contributed by atoms with E-state index in [1.165, 1.54) is 24.8 Å². The standard InChI is InChI=1S/C17H29NO/c1-12(2)14-5-6-15(10-18-13(3)4)17(9-14)16-7-8-19-11-16/h7-8,11-15,17-18H,5-6,9-10H2,1-4H3. The summed E-state index contributed by atoms with van der Waals surface area (Å²) in [6.45, 7) is 10.3. The van der Waals surface area contributed by atoms with Gasteiger partial charge in [0.05, 0.1) is 12.5 Å². The quantitative estimate of drug-likeness (QED) is 0.850. The van der Waals surface area contributed by atoms with Crippen LogP contribution in [-0.2, 0) is 0 Å². The minimum atomic E-state index is 0.577. The summed E-state index contributed by atoms with van der Waals surface area (Å²) in [5.74, 6) is 3.10. The van der Waals surface area contributed by atoms with Gasteiger partial charge in [-0.25, -0.2) is 0 Å². The molecule has 1 saturated carbocycles. The van der Waals surface area contributed by atoms with E-state index in [9.17, 15) is 0 Å². The van der Waals surface area contributed by atoms with E-state index in [-0.39, 0.29) is 0 Å². The van der Waals surface area contributed by atoms with Gasteiger partial charge in [0.1, 0.15) is 0 Å². The lowest BCUT2D eigenvalue weighted by Gasteiger charge is -2.38. The molecule has 1 aromatic heterocycles. The Hall–Kier alpha value is -0.760. The summed E-state index contributed by atoms with van der Waals surface area (Å²) in [4.78, 5) is 0. The van der Waals surface area contributed by atoms with Crippen LogP contribution in [0.4, 0.5) is 0 Å². The van der Waals surface area contributed by atoms with E-state index in [2.05, 4.69) is 39.1 Å². The molecular weight excluding hydrogens is 234 g/mol. The maximum atomic E-state index is 5.32. The molecule has 0 aliphatic heterocycles. The van der Waals surface area contributed by atoms with E-state index in [4.69, 9.17) is 4.42 Å². The Balaban J connectivity index is 2.05. The molecule has 1 aliphatic carbocycles. The third-order valence-corrected chi connectivity index (χ3v) is 4.74. The topological polar surface area (TPSA) is 25.2 Å². The number of hydrogen-bond donors (Lipinski definition) is 1. The van der Waals surface area contributed by atoms with Crippen molar-refractivity contribution < 1.29 is 4.42 Å². The first-order chi connectivity index (χ1) is 9.08. The fraction of sp³-hybridized carbons (Fsp3) is 0.765. The van der Waals surface area contributed by atoms with Gasteiger partial charge >= 0.3 is 0 Å². The third-order valence-electron chi connectivity index (χ3n) is 4.74. The Morgan fingerprint density at radius 3 is 2.63 bits per heavy atom. The fourth-order valence-corrected chi connectivity index (χ4v) is 3.40. The Morgan fingerprint density at radius 2 is 2.05 bits per heavy atom. The molecule has 2 heteroatoms. The zero-order valence-electron chi connectivity index (χ0n) is 12.9. The van der Waals surface area contributed by atoms with Gasteiger partial charge in [0.2, 0.25) is 0 Å². The summed E-state index contributed by atoms with van der Waals surface area (Å²) in [7, 11) is 0. The maximum absolute atomic E-state index is 5.32. The lowest BCUT2D eigenvalue weighted by Crippen LogP contribution is -2.35. The van der Waals surface area contributed by atoms with Crippen LogP contribution < -0.4 is 5.32 Å². The molecule has 1 aliphatic rings. The average Bonchev–Trinajstić information content (AvgIpc) is 2.89. The SMILES string of the molecule is CC(C)NCC1CCC(C(C)C)CC1c1ccoc1. The van der Waals surface area contributed by atoms with E-state index in [1.807, 2.05) is 12.5 Å². The van der Waals surface area contributed by atoms with Gasteiger partial charge in [-0.1, -0.05) is 27.7 Å². The van der Waals surface area contributed by atoms with Crippen molar-refractivity contribution >= 4 is 0 Å². The monoisotopic (exact) mass is 263 g/mol. The molecule has 1 fully saturated rings. The highest BCUT2D eigenvalue weighted by atomic mass is 16.3. The normalized spacial score (nSPS) is 28.2. The van der Waals surface area contributed by atoms with Gasteiger partial charge in [0.15, 0.2) is 0 Å². The van der Waals surface area contributed by atoms with Gasteiger partial charge in [-0.2, -0.15) is 0 Å². The Labute approximate surface area is 118 Å². The van der Waals surface area contributed by atoms with E-state index in [0.717, 1.165) is 24.3 Å². The molecule has 108 valence electrons. The molecule has 0 radical (unpaired) electrons. The van der Waals surface area contributed by atoms with Crippen LogP contribution in [0.2, 0.25) is 0 Å². The zero-order valence-corrected chi connectivity index (χ0v) is 12.9. The smallest absolute Gasteiger partial charge is 0.0937 e. The first-order valence-electron chi connectivity index (χ1n) is 7.83. The average molecular weight is 263 g/mol. The third kappa shape index (κ3) is 3.85. The molecule has 0 aromatic carbocycles. The molecule has 2 nitrogen and oxygen atoms in total. The van der Waals surface area contributed by atoms with Crippen LogP contribution in [0.5, 0.6) is 0 Å². The highest BCUT2D eigenvalue weighted by Gasteiger charge is 2.33. The van der Waals surface area contributed by atoms with Crippen molar-refractivity contribution in [2.24, 2.45) is 17.8 Å². The fourth-order valence-electron chi connectivity index (χ4n) is 3.40. The molecular formula is C17H29NO. The largest absolute Gasteiger partial charge is 0.472 e. The van der Waals surface area contributed by atoms with Gasteiger partial charge < -0.3 is 9.73 Å². The predicted molar refractivity (Wildman–Crippen MR) is 80.3 cm³/mol. The van der Waals surface area contributed by atoms with Gasteiger partial charge in [-0.15, -0.1) is 0 Å². The molecule has 3 unspecified atom stereocenters. The zero-order chi connectivity index (χ0) is 13.8. The number of furan rings is 1. The molecule has 0 spiro atoms. The summed E-state index contributed by atoms with van der Waals surface area (Å²) >= 11 is 0. The minimum Gasteiger partial charge on any atom is -0.472 e. The van der Waals surface area contributed by atoms with E-state index < -0.39 is 0 Å². The Morgan fingerprint density at radius 1 is 1.26 bits per heavy atom. The van der Waals surface area contributed by atoms with E-state index >= 15 is 0 Å². The van der Waals surface area contributed by atoms with Gasteiger partial charge in [-0.3, -0.25) is 0 Å². The second kappa shape index (κ2) is 6.60. The summed E-state index contributed by atoms with van der Waals surface area (Å²) in [5, 5.41) is 3.62. The van der Waals surface area contributed by atoms with Crippen molar-refractivity contribution in [3.05, 3.63) is 24.2 Å². The second-order valence-corrected chi connectivity index (χ2v) is 6.80. The summed E-state index contributed by atoms with van der Waals surface area (Å²) < 4.78 is 5.32. The number of hydrogen-bond acceptors (Lipinski definition) is 2. The van der Waals surface area contributed by atoms with Crippen molar-refractivity contribution in [3.63, 3.8) is 0 Å². The highest BCUT2D eigenvalue weighted by molar-refractivity contribution is 5.15. The predicted octanol–water partition coefficient (Wildman–Crippen LogP) is 4.43. The van der Waals surface area contributed by atoms with Gasteiger partial charge in [0.25, 0.3) is 0 Å². The van der Waals surface area contributed by atoms with Crippen LogP contribution in [0.1, 0.15) is 58.4 Å². The van der Waals surface area contributed by atoms with Crippen molar-refractivity contribution in [3.8, 4) is 0 Å². The van der Waals surface area contributed by atoms with Crippen molar-refractivity contribution in [1.82, 2.24) is 5.32 Å². The van der Waals surface area contributed by atoms with Gasteiger partial charge in [-0.05, 0) is 61.1 Å². The van der Waals surface area contributed by atoms with Crippen molar-refractivity contribution in [1.29, 1.82) is 0 Å². The maximum Gasteiger partial charge on any atom is 0.0937 e. The van der Waals surface area contributed by atoms with Crippen molar-refractivity contribution in [2.75, 3.05) is 6.54 Å². The van der Waals surface area contributed by atoms with E-state index in [1.54, 1.807) is 0 Å². The van der Waals surface area contributed by atoms with Crippen LogP contribution in [0.25, 0.3) is 0 Å². The molecule has 1 aromatic rings. The lowest BCUT2D eigenvalue weighted by atomic mass is 9.68. The van der Waals surface area contributed by atoms with Crippen LogP contribution in [-0.4, -0.2) is 12.6 Å². The number of rotatable bonds is 5. The van der Waals surface area contributed by atoms with Crippen LogP contribution >= 0.6 is 0 Å². The van der Waals surface area contributed by atoms with Crippen LogP contribution in [0, 0.1) is 17.8 Å². The van der Waals surface area contributed by atoms with Gasteiger partial charge in [0, 0.05) is 6.04 Å². The molecule has 0 bridgehead atoms. The number of nitrogens with one attached hydrogen (secondary N) is 1. The molecule has 3 atom stereocenters. The first-order valence-corrected chi connectivity index (χ1v) is 7.83. The van der Waals surface area contributed by atoms with E-state index in [0.29, 0.717) is 12.0 Å². The first kappa shape index (κ1) is 14.6. The lowest BCUT2D eigenvalue weighted by molar-refractivity contribution is 0.188. The Kier molecular flexibility index (Phi) is 5.09. The molecule has 2 rings (SSSR count). The van der Waals surface area contributed by atoms with Crippen LogP contribution in [0.15, 0.2) is 23.0 Å². The summed E-state index contributed by atoms with van der Waals surface area (Å²) in [6.07, 6.45) is 7.83. The minimum absolute atomic E-state index is 0.577. The molecule has 1 heterocycles. The summed E-state index contributed by atoms with van der Waals surface area (Å²) in [6, 6.07) is 2.74. The molecule has 0 amide bonds. The Bertz CT molecular complexity index is 355. The van der Waals surface area contributed by atoms with Crippen LogP contribution in [0.3, 0.4) is 0 Å². The summed E-state index contributed by atoms with van der Waals surface area (Å²) in [5.41, 5.74) is 1.40.